The van der Waals surface area contributed by atoms with Gasteiger partial charge in [-0.3, -0.25) is 4.79 Å². The summed E-state index contributed by atoms with van der Waals surface area (Å²) in [6.07, 6.45) is 0. The Kier molecular flexibility index (Phi) is 4.25. The Morgan fingerprint density at radius 2 is 1.94 bits per heavy atom. The summed E-state index contributed by atoms with van der Waals surface area (Å²) in [5.41, 5.74) is 3.01. The predicted octanol–water partition coefficient (Wildman–Crippen LogP) is 2.57. The molecule has 1 N–H and O–H groups in total. The second-order valence-electron chi connectivity index (χ2n) is 9.26. The molecule has 0 atom stereocenters. The van der Waals surface area contributed by atoms with Crippen molar-refractivity contribution in [2.75, 3.05) is 25.0 Å². The first kappa shape index (κ1) is 19.5. The second kappa shape index (κ2) is 6.76. The molecule has 0 spiro atoms. The van der Waals surface area contributed by atoms with Gasteiger partial charge in [0.1, 0.15) is 11.6 Å². The van der Waals surface area contributed by atoms with E-state index in [0.29, 0.717) is 5.56 Å². The Labute approximate surface area is 180 Å². The molecule has 1 saturated heterocycles. The molecular formula is C22H26N8O. The number of aromatic amines is 1. The Bertz CT molecular complexity index is 1290. The summed E-state index contributed by atoms with van der Waals surface area (Å²) in [4.78, 5) is 24.6. The number of H-pyrrole nitrogens is 1. The van der Waals surface area contributed by atoms with Crippen molar-refractivity contribution < 1.29 is 4.79 Å². The minimum atomic E-state index is -0.149. The number of nitrogens with one attached hydrogen (secondary N) is 1. The minimum Gasteiger partial charge on any atom is -0.351 e. The lowest BCUT2D eigenvalue weighted by atomic mass is 9.96. The summed E-state index contributed by atoms with van der Waals surface area (Å²) in [6, 6.07) is 9.63. The zero-order valence-corrected chi connectivity index (χ0v) is 18.4. The van der Waals surface area contributed by atoms with E-state index in [0.717, 1.165) is 47.2 Å². The fraction of sp³-hybridized carbons (Fsp3) is 0.409. The van der Waals surface area contributed by atoms with Crippen molar-refractivity contribution in [1.82, 2.24) is 34.7 Å². The number of aryl methyl sites for hydroxylation is 1. The molecular weight excluding hydrogens is 392 g/mol. The summed E-state index contributed by atoms with van der Waals surface area (Å²) >= 11 is 0. The van der Waals surface area contributed by atoms with Gasteiger partial charge in [0.25, 0.3) is 5.91 Å². The van der Waals surface area contributed by atoms with Crippen molar-refractivity contribution in [2.24, 2.45) is 0 Å². The van der Waals surface area contributed by atoms with E-state index in [4.69, 9.17) is 5.10 Å². The maximum absolute atomic E-state index is 13.0. The van der Waals surface area contributed by atoms with E-state index in [1.54, 1.807) is 0 Å². The monoisotopic (exact) mass is 418 g/mol. The zero-order chi connectivity index (χ0) is 21.9. The number of hydrogen-bond acceptors (Lipinski definition) is 6. The van der Waals surface area contributed by atoms with Crippen LogP contribution in [0.3, 0.4) is 0 Å². The van der Waals surface area contributed by atoms with Crippen molar-refractivity contribution >= 4 is 28.4 Å². The summed E-state index contributed by atoms with van der Waals surface area (Å²) in [6.45, 7) is 9.67. The molecule has 1 fully saturated rings. The normalized spacial score (nSPS) is 14.9. The summed E-state index contributed by atoms with van der Waals surface area (Å²) in [5, 5.41) is 13.3. The Morgan fingerprint density at radius 3 is 2.68 bits per heavy atom. The van der Waals surface area contributed by atoms with Crippen LogP contribution in [0.4, 0.5) is 5.82 Å². The summed E-state index contributed by atoms with van der Waals surface area (Å²) in [7, 11) is 1.86. The first-order valence-electron chi connectivity index (χ1n) is 10.4. The van der Waals surface area contributed by atoms with Gasteiger partial charge in [-0.2, -0.15) is 4.52 Å². The molecule has 1 amide bonds. The molecule has 0 aliphatic carbocycles. The number of fused-ring (bicyclic) bond motifs is 2. The highest BCUT2D eigenvalue weighted by molar-refractivity contribution is 5.97. The van der Waals surface area contributed by atoms with E-state index in [-0.39, 0.29) is 17.4 Å². The average Bonchev–Trinajstić information content (AvgIpc) is 3.27. The molecule has 3 aromatic heterocycles. The van der Waals surface area contributed by atoms with E-state index < -0.39 is 0 Å². The topological polar surface area (TPSA) is 95.3 Å². The Morgan fingerprint density at radius 1 is 1.16 bits per heavy atom. The molecule has 9 heteroatoms. The third-order valence-corrected chi connectivity index (χ3v) is 5.82. The van der Waals surface area contributed by atoms with Crippen LogP contribution in [-0.2, 0) is 5.41 Å². The van der Waals surface area contributed by atoms with Gasteiger partial charge in [0.15, 0.2) is 11.5 Å². The van der Waals surface area contributed by atoms with Crippen LogP contribution in [0.2, 0.25) is 0 Å². The number of likely N-dealkylation sites (N-methyl/N-ethyl adjacent to an activating group) is 1. The number of amides is 1. The lowest BCUT2D eigenvalue weighted by Gasteiger charge is -2.44. The average molecular weight is 419 g/mol. The highest BCUT2D eigenvalue weighted by atomic mass is 16.2. The van der Waals surface area contributed by atoms with Crippen molar-refractivity contribution in [3.8, 4) is 0 Å². The number of aromatic nitrogens is 6. The number of anilines is 1. The molecule has 0 bridgehead atoms. The maximum Gasteiger partial charge on any atom is 0.254 e. The standard InChI is InChI=1S/C22H26N8O/c1-13-23-16-7-6-14(10-17(16)24-13)20(31)28(5)15-11-29(12-15)19-9-8-18-25-26-21(22(2,3)4)30(18)27-19/h6-10,15H,11-12H2,1-5H3,(H,23,24). The Hall–Kier alpha value is -3.49. The lowest BCUT2D eigenvalue weighted by molar-refractivity contribution is 0.0705. The summed E-state index contributed by atoms with van der Waals surface area (Å²) in [5.74, 6) is 2.55. The third-order valence-electron chi connectivity index (χ3n) is 5.82. The van der Waals surface area contributed by atoms with Gasteiger partial charge in [-0.1, -0.05) is 20.8 Å². The molecule has 4 heterocycles. The second-order valence-corrected chi connectivity index (χ2v) is 9.26. The van der Waals surface area contributed by atoms with Gasteiger partial charge in [-0.25, -0.2) is 4.98 Å². The minimum absolute atomic E-state index is 0.0102. The van der Waals surface area contributed by atoms with Crippen LogP contribution < -0.4 is 4.90 Å². The first-order chi connectivity index (χ1) is 14.7. The first-order valence-corrected chi connectivity index (χ1v) is 10.4. The van der Waals surface area contributed by atoms with Crippen LogP contribution in [0.1, 0.15) is 42.8 Å². The fourth-order valence-electron chi connectivity index (χ4n) is 3.94. The van der Waals surface area contributed by atoms with Gasteiger partial charge in [-0.15, -0.1) is 15.3 Å². The number of rotatable bonds is 3. The molecule has 1 aliphatic rings. The molecule has 9 nitrogen and oxygen atoms in total. The van der Waals surface area contributed by atoms with Gasteiger partial charge in [0.05, 0.1) is 17.1 Å². The number of benzene rings is 1. The van der Waals surface area contributed by atoms with E-state index in [1.807, 2.05) is 53.7 Å². The molecule has 1 aliphatic heterocycles. The molecule has 4 aromatic rings. The number of carbonyl (C=O) groups excluding carboxylic acids is 1. The molecule has 5 rings (SSSR count). The predicted molar refractivity (Wildman–Crippen MR) is 118 cm³/mol. The van der Waals surface area contributed by atoms with Gasteiger partial charge in [0.2, 0.25) is 0 Å². The highest BCUT2D eigenvalue weighted by Crippen LogP contribution is 2.25. The maximum atomic E-state index is 13.0. The quantitative estimate of drug-likeness (QED) is 0.549. The van der Waals surface area contributed by atoms with E-state index >= 15 is 0 Å². The third kappa shape index (κ3) is 3.30. The van der Waals surface area contributed by atoms with E-state index in [2.05, 4.69) is 45.8 Å². The van der Waals surface area contributed by atoms with Crippen molar-refractivity contribution in [3.63, 3.8) is 0 Å². The van der Waals surface area contributed by atoms with Crippen molar-refractivity contribution in [1.29, 1.82) is 0 Å². The smallest absolute Gasteiger partial charge is 0.254 e. The van der Waals surface area contributed by atoms with E-state index in [9.17, 15) is 4.79 Å². The number of hydrogen-bond donors (Lipinski definition) is 1. The molecule has 160 valence electrons. The van der Waals surface area contributed by atoms with Crippen molar-refractivity contribution in [2.45, 2.75) is 39.2 Å². The molecule has 0 radical (unpaired) electrons. The summed E-state index contributed by atoms with van der Waals surface area (Å²) < 4.78 is 1.82. The SMILES string of the molecule is Cc1nc2ccc(C(=O)N(C)C3CN(c4ccc5nnc(C(C)(C)C)n5n4)C3)cc2[nH]1. The van der Waals surface area contributed by atoms with Crippen LogP contribution in [0.25, 0.3) is 16.7 Å². The number of carbonyl (C=O) groups is 1. The number of imidazole rings is 1. The van der Waals surface area contributed by atoms with Gasteiger partial charge in [0, 0.05) is 31.1 Å². The van der Waals surface area contributed by atoms with Gasteiger partial charge in [-0.05, 0) is 37.3 Å². The molecule has 0 saturated carbocycles. The van der Waals surface area contributed by atoms with E-state index in [1.165, 1.54) is 0 Å². The van der Waals surface area contributed by atoms with Crippen molar-refractivity contribution in [3.05, 3.63) is 47.5 Å². The van der Waals surface area contributed by atoms with Gasteiger partial charge < -0.3 is 14.8 Å². The molecule has 1 aromatic carbocycles. The highest BCUT2D eigenvalue weighted by Gasteiger charge is 2.34. The number of nitrogens with zero attached hydrogens (tertiary/aromatic N) is 7. The van der Waals surface area contributed by atoms with Crippen LogP contribution in [0, 0.1) is 6.92 Å². The Balaban J connectivity index is 1.31. The van der Waals surface area contributed by atoms with Crippen LogP contribution in [0.5, 0.6) is 0 Å². The molecule has 31 heavy (non-hydrogen) atoms. The van der Waals surface area contributed by atoms with Crippen LogP contribution in [-0.4, -0.2) is 66.8 Å². The molecule has 0 unspecified atom stereocenters. The van der Waals surface area contributed by atoms with Crippen LogP contribution in [0.15, 0.2) is 30.3 Å². The largest absolute Gasteiger partial charge is 0.351 e. The van der Waals surface area contributed by atoms with Crippen LogP contribution >= 0.6 is 0 Å². The van der Waals surface area contributed by atoms with Gasteiger partial charge >= 0.3 is 0 Å². The fourth-order valence-corrected chi connectivity index (χ4v) is 3.94. The lowest BCUT2D eigenvalue weighted by Crippen LogP contribution is -2.60. The zero-order valence-electron chi connectivity index (χ0n) is 18.4.